The molecule has 0 aromatic heterocycles. The molecule has 4 N–H and O–H groups in total. The molecule has 2 rings (SSSR count). The van der Waals surface area contributed by atoms with E-state index in [1.807, 2.05) is 0 Å². The summed E-state index contributed by atoms with van der Waals surface area (Å²) in [5.41, 5.74) is 1.79. The summed E-state index contributed by atoms with van der Waals surface area (Å²) in [7, 11) is -2.07. The van der Waals surface area contributed by atoms with E-state index in [2.05, 4.69) is 15.6 Å². The van der Waals surface area contributed by atoms with Crippen molar-refractivity contribution < 1.29 is 12.8 Å². The first-order chi connectivity index (χ1) is 11.9. The molecule has 0 heterocycles. The van der Waals surface area contributed by atoms with Gasteiger partial charge in [-0.3, -0.25) is 4.99 Å². The summed E-state index contributed by atoms with van der Waals surface area (Å²) < 4.78 is 35.6. The highest BCUT2D eigenvalue weighted by Crippen LogP contribution is 2.09. The Balaban J connectivity index is 1.85. The van der Waals surface area contributed by atoms with Gasteiger partial charge >= 0.3 is 0 Å². The quantitative estimate of drug-likeness (QED) is 0.533. The molecule has 0 fully saturated rings. The minimum Gasteiger partial charge on any atom is -0.356 e. The summed E-state index contributed by atoms with van der Waals surface area (Å²) in [5, 5.41) is 11.4. The van der Waals surface area contributed by atoms with Crippen LogP contribution in [0.4, 0.5) is 4.39 Å². The number of benzene rings is 2. The molecule has 0 aliphatic rings. The molecule has 134 valence electrons. The molecule has 0 unspecified atom stereocenters. The molecule has 0 aliphatic carbocycles. The molecular weight excluding hydrogens is 343 g/mol. The summed E-state index contributed by atoms with van der Waals surface area (Å²) in [6.45, 7) is 1.03. The van der Waals surface area contributed by atoms with Crippen LogP contribution in [0.5, 0.6) is 0 Å². The Morgan fingerprint density at radius 3 is 2.48 bits per heavy atom. The third-order valence-corrected chi connectivity index (χ3v) is 4.44. The zero-order valence-corrected chi connectivity index (χ0v) is 14.7. The third-order valence-electron chi connectivity index (χ3n) is 3.53. The number of hydrogen-bond donors (Lipinski definition) is 3. The van der Waals surface area contributed by atoms with E-state index < -0.39 is 10.0 Å². The van der Waals surface area contributed by atoms with Crippen molar-refractivity contribution in [2.45, 2.75) is 17.9 Å². The minimum atomic E-state index is -3.72. The maximum atomic E-state index is 12.9. The SMILES string of the molecule is CN=C(NCCc1ccc(F)cc1)NCc1cccc(S(N)(=O)=O)c1. The Morgan fingerprint density at radius 2 is 1.84 bits per heavy atom. The molecule has 2 aromatic rings. The Bertz CT molecular complexity index is 836. The van der Waals surface area contributed by atoms with Crippen LogP contribution in [-0.2, 0) is 23.0 Å². The predicted molar refractivity (Wildman–Crippen MR) is 96.1 cm³/mol. The number of nitrogens with two attached hydrogens (primary N) is 1. The van der Waals surface area contributed by atoms with E-state index in [0.717, 1.165) is 17.5 Å². The molecule has 0 amide bonds. The molecule has 8 heteroatoms. The monoisotopic (exact) mass is 364 g/mol. The highest BCUT2D eigenvalue weighted by atomic mass is 32.2. The summed E-state index contributed by atoms with van der Waals surface area (Å²) in [6, 6.07) is 12.8. The van der Waals surface area contributed by atoms with Crippen molar-refractivity contribution >= 4 is 16.0 Å². The van der Waals surface area contributed by atoms with E-state index in [1.54, 1.807) is 31.3 Å². The molecule has 0 saturated heterocycles. The predicted octanol–water partition coefficient (Wildman–Crippen LogP) is 1.38. The van der Waals surface area contributed by atoms with E-state index in [-0.39, 0.29) is 10.7 Å². The van der Waals surface area contributed by atoms with Crippen LogP contribution in [0, 0.1) is 5.82 Å². The molecule has 0 spiro atoms. The minimum absolute atomic E-state index is 0.0751. The van der Waals surface area contributed by atoms with Gasteiger partial charge in [-0.05, 0) is 41.8 Å². The van der Waals surface area contributed by atoms with Gasteiger partial charge in [0, 0.05) is 20.1 Å². The van der Waals surface area contributed by atoms with E-state index in [0.29, 0.717) is 19.0 Å². The first-order valence-corrected chi connectivity index (χ1v) is 9.24. The van der Waals surface area contributed by atoms with Crippen LogP contribution in [-0.4, -0.2) is 28.0 Å². The largest absolute Gasteiger partial charge is 0.356 e. The second kappa shape index (κ2) is 8.59. The van der Waals surface area contributed by atoms with Gasteiger partial charge in [0.15, 0.2) is 5.96 Å². The molecule has 0 aliphatic heterocycles. The van der Waals surface area contributed by atoms with E-state index in [9.17, 15) is 12.8 Å². The second-order valence-electron chi connectivity index (χ2n) is 5.42. The molecule has 0 bridgehead atoms. The van der Waals surface area contributed by atoms with Gasteiger partial charge in [-0.1, -0.05) is 24.3 Å². The van der Waals surface area contributed by atoms with Crippen LogP contribution in [0.15, 0.2) is 58.4 Å². The highest BCUT2D eigenvalue weighted by Gasteiger charge is 2.08. The average Bonchev–Trinajstić information content (AvgIpc) is 2.59. The normalized spacial score (nSPS) is 12.0. The second-order valence-corrected chi connectivity index (χ2v) is 6.98. The van der Waals surface area contributed by atoms with Crippen molar-refractivity contribution in [2.75, 3.05) is 13.6 Å². The Labute approximate surface area is 147 Å². The number of nitrogens with one attached hydrogen (secondary N) is 2. The average molecular weight is 364 g/mol. The lowest BCUT2D eigenvalue weighted by Crippen LogP contribution is -2.37. The number of halogens is 1. The zero-order chi connectivity index (χ0) is 18.3. The maximum Gasteiger partial charge on any atom is 0.238 e. The lowest BCUT2D eigenvalue weighted by Gasteiger charge is -2.12. The molecule has 6 nitrogen and oxygen atoms in total. The Hall–Kier alpha value is -2.45. The molecule has 25 heavy (non-hydrogen) atoms. The van der Waals surface area contributed by atoms with Gasteiger partial charge < -0.3 is 10.6 Å². The summed E-state index contributed by atoms with van der Waals surface area (Å²) in [4.78, 5) is 4.19. The number of guanidine groups is 1. The standard InChI is InChI=1S/C17H21FN4O2S/c1-20-17(21-10-9-13-5-7-15(18)8-6-13)22-12-14-3-2-4-16(11-14)25(19,23)24/h2-8,11H,9-10,12H2,1H3,(H2,19,23,24)(H2,20,21,22). The lowest BCUT2D eigenvalue weighted by atomic mass is 10.1. The van der Waals surface area contributed by atoms with Crippen LogP contribution >= 0.6 is 0 Å². The van der Waals surface area contributed by atoms with Gasteiger partial charge in [0.05, 0.1) is 4.90 Å². The van der Waals surface area contributed by atoms with Crippen molar-refractivity contribution in [3.63, 3.8) is 0 Å². The van der Waals surface area contributed by atoms with Crippen molar-refractivity contribution in [3.8, 4) is 0 Å². The first-order valence-electron chi connectivity index (χ1n) is 7.69. The van der Waals surface area contributed by atoms with E-state index in [4.69, 9.17) is 5.14 Å². The third kappa shape index (κ3) is 6.17. The van der Waals surface area contributed by atoms with Crippen LogP contribution in [0.25, 0.3) is 0 Å². The molecule has 2 aromatic carbocycles. The van der Waals surface area contributed by atoms with Gasteiger partial charge in [0.25, 0.3) is 0 Å². The Morgan fingerprint density at radius 1 is 1.12 bits per heavy atom. The van der Waals surface area contributed by atoms with Crippen molar-refractivity contribution in [3.05, 3.63) is 65.5 Å². The molecule has 0 radical (unpaired) electrons. The van der Waals surface area contributed by atoms with Crippen molar-refractivity contribution in [2.24, 2.45) is 10.1 Å². The van der Waals surface area contributed by atoms with E-state index >= 15 is 0 Å². The number of primary sulfonamides is 1. The van der Waals surface area contributed by atoms with Crippen LogP contribution in [0.1, 0.15) is 11.1 Å². The fourth-order valence-electron chi connectivity index (χ4n) is 2.22. The van der Waals surface area contributed by atoms with Crippen LogP contribution in [0.3, 0.4) is 0 Å². The van der Waals surface area contributed by atoms with Crippen molar-refractivity contribution in [1.82, 2.24) is 10.6 Å². The summed E-state index contributed by atoms with van der Waals surface area (Å²) in [5.74, 6) is 0.332. The molecular formula is C17H21FN4O2S. The van der Waals surface area contributed by atoms with Crippen LogP contribution < -0.4 is 15.8 Å². The summed E-state index contributed by atoms with van der Waals surface area (Å²) in [6.07, 6.45) is 0.724. The van der Waals surface area contributed by atoms with Crippen LogP contribution in [0.2, 0.25) is 0 Å². The van der Waals surface area contributed by atoms with E-state index in [1.165, 1.54) is 24.3 Å². The number of aliphatic imine (C=N–C) groups is 1. The number of rotatable bonds is 6. The number of nitrogens with zero attached hydrogens (tertiary/aromatic N) is 1. The topological polar surface area (TPSA) is 96.6 Å². The number of hydrogen-bond acceptors (Lipinski definition) is 3. The smallest absolute Gasteiger partial charge is 0.238 e. The van der Waals surface area contributed by atoms with Gasteiger partial charge in [0.1, 0.15) is 5.82 Å². The van der Waals surface area contributed by atoms with Gasteiger partial charge in [-0.2, -0.15) is 0 Å². The number of sulfonamides is 1. The fourth-order valence-corrected chi connectivity index (χ4v) is 2.80. The molecule has 0 saturated carbocycles. The van der Waals surface area contributed by atoms with Crippen molar-refractivity contribution in [1.29, 1.82) is 0 Å². The molecule has 0 atom stereocenters. The van der Waals surface area contributed by atoms with Gasteiger partial charge in [-0.25, -0.2) is 17.9 Å². The summed E-state index contributed by atoms with van der Waals surface area (Å²) >= 11 is 0. The first kappa shape index (κ1) is 18.9. The Kier molecular flexibility index (Phi) is 6.49. The van der Waals surface area contributed by atoms with Gasteiger partial charge in [0.2, 0.25) is 10.0 Å². The zero-order valence-electron chi connectivity index (χ0n) is 13.9. The fraction of sp³-hybridized carbons (Fsp3) is 0.235. The van der Waals surface area contributed by atoms with Gasteiger partial charge in [-0.15, -0.1) is 0 Å². The lowest BCUT2D eigenvalue weighted by molar-refractivity contribution is 0.597. The highest BCUT2D eigenvalue weighted by molar-refractivity contribution is 7.89. The maximum absolute atomic E-state index is 12.9.